The normalized spacial score (nSPS) is 14.0. The monoisotopic (exact) mass is 367 g/mol. The largest absolute Gasteiger partial charge is 0.465 e. The molecule has 0 radical (unpaired) electrons. The molecular formula is C21H25N3O3. The molecule has 3 rings (SSSR count). The molecule has 0 aromatic heterocycles. The Labute approximate surface area is 159 Å². The number of ether oxygens (including phenoxy) is 1. The van der Waals surface area contributed by atoms with E-state index in [2.05, 4.69) is 42.3 Å². The number of carbonyl (C=O) groups is 2. The van der Waals surface area contributed by atoms with Gasteiger partial charge in [0.15, 0.2) is 0 Å². The molecule has 1 aliphatic heterocycles. The summed E-state index contributed by atoms with van der Waals surface area (Å²) in [5.41, 5.74) is 4.69. The number of urea groups is 1. The first kappa shape index (κ1) is 18.8. The molecule has 2 amide bonds. The summed E-state index contributed by atoms with van der Waals surface area (Å²) < 4.78 is 4.72. The summed E-state index contributed by atoms with van der Waals surface area (Å²) in [6.45, 7) is 7.08. The van der Waals surface area contributed by atoms with Gasteiger partial charge in [0.1, 0.15) is 0 Å². The fraction of sp³-hybridized carbons (Fsp3) is 0.333. The van der Waals surface area contributed by atoms with Crippen molar-refractivity contribution in [2.24, 2.45) is 0 Å². The number of hydrogen-bond acceptors (Lipinski definition) is 4. The molecule has 0 bridgehead atoms. The lowest BCUT2D eigenvalue weighted by atomic mass is 10.1. The topological polar surface area (TPSA) is 61.9 Å². The fourth-order valence-electron chi connectivity index (χ4n) is 3.35. The van der Waals surface area contributed by atoms with E-state index in [9.17, 15) is 9.59 Å². The van der Waals surface area contributed by atoms with Gasteiger partial charge in [0.05, 0.1) is 12.7 Å². The molecule has 0 unspecified atom stereocenters. The quantitative estimate of drug-likeness (QED) is 0.844. The zero-order valence-corrected chi connectivity index (χ0v) is 16.0. The van der Waals surface area contributed by atoms with Crippen LogP contribution in [0.5, 0.6) is 0 Å². The Kier molecular flexibility index (Phi) is 5.64. The molecule has 1 aliphatic rings. The van der Waals surface area contributed by atoms with Crippen LogP contribution in [0.2, 0.25) is 0 Å². The standard InChI is InChI=1S/C21H25N3O3/c1-15-11-16(2)13-19(12-15)23-7-9-24(10-8-23)21(26)22-18-6-4-5-17(14-18)20(25)27-3/h4-6,11-14H,7-10H2,1-3H3,(H,22,26). The van der Waals surface area contributed by atoms with Crippen molar-refractivity contribution in [3.63, 3.8) is 0 Å². The molecule has 27 heavy (non-hydrogen) atoms. The van der Waals surface area contributed by atoms with Crippen LogP contribution >= 0.6 is 0 Å². The lowest BCUT2D eigenvalue weighted by Crippen LogP contribution is -2.50. The Balaban J connectivity index is 1.59. The highest BCUT2D eigenvalue weighted by molar-refractivity contribution is 5.94. The number of carbonyl (C=O) groups excluding carboxylic acids is 2. The number of aryl methyl sites for hydroxylation is 2. The smallest absolute Gasteiger partial charge is 0.337 e. The Morgan fingerprint density at radius 1 is 0.963 bits per heavy atom. The van der Waals surface area contributed by atoms with Crippen LogP contribution in [0.1, 0.15) is 21.5 Å². The minimum absolute atomic E-state index is 0.155. The molecule has 142 valence electrons. The van der Waals surface area contributed by atoms with Crippen molar-refractivity contribution < 1.29 is 14.3 Å². The summed E-state index contributed by atoms with van der Waals surface area (Å²) in [6, 6.07) is 13.1. The molecular weight excluding hydrogens is 342 g/mol. The Hall–Kier alpha value is -3.02. The van der Waals surface area contributed by atoms with E-state index in [1.54, 1.807) is 29.2 Å². The zero-order valence-electron chi connectivity index (χ0n) is 16.0. The number of piperazine rings is 1. The summed E-state index contributed by atoms with van der Waals surface area (Å²) in [5.74, 6) is -0.423. The van der Waals surface area contributed by atoms with Crippen LogP contribution in [0.4, 0.5) is 16.2 Å². The van der Waals surface area contributed by atoms with Gasteiger partial charge in [-0.1, -0.05) is 12.1 Å². The molecule has 0 atom stereocenters. The Morgan fingerprint density at radius 3 is 2.26 bits per heavy atom. The highest BCUT2D eigenvalue weighted by atomic mass is 16.5. The molecule has 0 aliphatic carbocycles. The predicted molar refractivity (Wildman–Crippen MR) is 107 cm³/mol. The summed E-state index contributed by atoms with van der Waals surface area (Å²) >= 11 is 0. The number of hydrogen-bond donors (Lipinski definition) is 1. The van der Waals surface area contributed by atoms with Crippen molar-refractivity contribution in [3.05, 3.63) is 59.2 Å². The summed E-state index contributed by atoms with van der Waals surface area (Å²) in [4.78, 5) is 28.3. The number of amides is 2. The zero-order chi connectivity index (χ0) is 19.4. The maximum Gasteiger partial charge on any atom is 0.337 e. The van der Waals surface area contributed by atoms with Gasteiger partial charge in [-0.2, -0.15) is 0 Å². The number of nitrogens with zero attached hydrogens (tertiary/aromatic N) is 2. The second-order valence-electron chi connectivity index (χ2n) is 6.82. The summed E-state index contributed by atoms with van der Waals surface area (Å²) in [6.07, 6.45) is 0. The SMILES string of the molecule is COC(=O)c1cccc(NC(=O)N2CCN(c3cc(C)cc(C)c3)CC2)c1. The Morgan fingerprint density at radius 2 is 1.63 bits per heavy atom. The van der Waals surface area contributed by atoms with Crippen molar-refractivity contribution in [1.29, 1.82) is 0 Å². The van der Waals surface area contributed by atoms with Crippen molar-refractivity contribution in [1.82, 2.24) is 4.90 Å². The number of benzene rings is 2. The van der Waals surface area contributed by atoms with E-state index in [0.29, 0.717) is 24.3 Å². The van der Waals surface area contributed by atoms with Crippen LogP contribution in [-0.4, -0.2) is 50.2 Å². The van der Waals surface area contributed by atoms with Crippen LogP contribution in [0.15, 0.2) is 42.5 Å². The van der Waals surface area contributed by atoms with E-state index in [4.69, 9.17) is 4.74 Å². The summed E-state index contributed by atoms with van der Waals surface area (Å²) in [5, 5.41) is 2.86. The highest BCUT2D eigenvalue weighted by Gasteiger charge is 2.22. The van der Waals surface area contributed by atoms with Crippen LogP contribution in [0, 0.1) is 13.8 Å². The van der Waals surface area contributed by atoms with Gasteiger partial charge in [0.2, 0.25) is 0 Å². The first-order chi connectivity index (χ1) is 13.0. The highest BCUT2D eigenvalue weighted by Crippen LogP contribution is 2.21. The van der Waals surface area contributed by atoms with Gasteiger partial charge in [-0.15, -0.1) is 0 Å². The van der Waals surface area contributed by atoms with Gasteiger partial charge in [0.25, 0.3) is 0 Å². The van der Waals surface area contributed by atoms with E-state index in [1.807, 2.05) is 0 Å². The van der Waals surface area contributed by atoms with Crippen LogP contribution in [0.3, 0.4) is 0 Å². The first-order valence-corrected chi connectivity index (χ1v) is 9.04. The number of anilines is 2. The minimum atomic E-state index is -0.423. The third-order valence-corrected chi connectivity index (χ3v) is 4.67. The van der Waals surface area contributed by atoms with E-state index in [0.717, 1.165) is 13.1 Å². The number of rotatable bonds is 3. The lowest BCUT2D eigenvalue weighted by Gasteiger charge is -2.36. The molecule has 1 saturated heterocycles. The molecule has 1 N–H and O–H groups in total. The predicted octanol–water partition coefficient (Wildman–Crippen LogP) is 3.44. The molecule has 1 fully saturated rings. The van der Waals surface area contributed by atoms with Crippen molar-refractivity contribution in [3.8, 4) is 0 Å². The second-order valence-corrected chi connectivity index (χ2v) is 6.82. The van der Waals surface area contributed by atoms with Gasteiger partial charge in [0, 0.05) is 37.6 Å². The van der Waals surface area contributed by atoms with Gasteiger partial charge < -0.3 is 19.9 Å². The van der Waals surface area contributed by atoms with Gasteiger partial charge in [-0.25, -0.2) is 9.59 Å². The maximum atomic E-state index is 12.5. The summed E-state index contributed by atoms with van der Waals surface area (Å²) in [7, 11) is 1.34. The van der Waals surface area contributed by atoms with Crippen LogP contribution < -0.4 is 10.2 Å². The van der Waals surface area contributed by atoms with Crippen molar-refractivity contribution >= 4 is 23.4 Å². The third-order valence-electron chi connectivity index (χ3n) is 4.67. The maximum absolute atomic E-state index is 12.5. The average Bonchev–Trinajstić information content (AvgIpc) is 2.67. The van der Waals surface area contributed by atoms with E-state index in [1.165, 1.54) is 23.9 Å². The number of nitrogens with one attached hydrogen (secondary N) is 1. The molecule has 6 nitrogen and oxygen atoms in total. The average molecular weight is 367 g/mol. The third kappa shape index (κ3) is 4.58. The van der Waals surface area contributed by atoms with Gasteiger partial charge in [-0.05, 0) is 55.3 Å². The second kappa shape index (κ2) is 8.12. The van der Waals surface area contributed by atoms with Gasteiger partial charge >= 0.3 is 12.0 Å². The molecule has 1 heterocycles. The number of methoxy groups -OCH3 is 1. The van der Waals surface area contributed by atoms with Crippen molar-refractivity contribution in [2.45, 2.75) is 13.8 Å². The first-order valence-electron chi connectivity index (χ1n) is 9.04. The Bertz CT molecular complexity index is 822. The van der Waals surface area contributed by atoms with Gasteiger partial charge in [-0.3, -0.25) is 0 Å². The molecule has 6 heteroatoms. The van der Waals surface area contributed by atoms with Crippen LogP contribution in [0.25, 0.3) is 0 Å². The number of esters is 1. The molecule has 0 saturated carbocycles. The molecule has 0 spiro atoms. The fourth-order valence-corrected chi connectivity index (χ4v) is 3.35. The lowest BCUT2D eigenvalue weighted by molar-refractivity contribution is 0.0600. The van der Waals surface area contributed by atoms with E-state index < -0.39 is 5.97 Å². The van der Waals surface area contributed by atoms with Crippen molar-refractivity contribution in [2.75, 3.05) is 43.5 Å². The van der Waals surface area contributed by atoms with E-state index in [-0.39, 0.29) is 6.03 Å². The minimum Gasteiger partial charge on any atom is -0.465 e. The van der Waals surface area contributed by atoms with E-state index >= 15 is 0 Å². The molecule has 2 aromatic rings. The van der Waals surface area contributed by atoms with Crippen LogP contribution in [-0.2, 0) is 4.74 Å². The molecule has 2 aromatic carbocycles.